The zero-order chi connectivity index (χ0) is 13.0. The molecule has 0 spiro atoms. The van der Waals surface area contributed by atoms with Crippen LogP contribution in [0.15, 0.2) is 4.52 Å². The Labute approximate surface area is 111 Å². The van der Waals surface area contributed by atoms with Crippen LogP contribution in [0.25, 0.3) is 0 Å². The van der Waals surface area contributed by atoms with Crippen molar-refractivity contribution in [1.29, 1.82) is 0 Å². The number of aliphatic hydroxyl groups excluding tert-OH is 1. The zero-order valence-corrected chi connectivity index (χ0v) is 11.5. The minimum atomic E-state index is -0.432. The van der Waals surface area contributed by atoms with Crippen molar-refractivity contribution >= 4 is 11.8 Å². The van der Waals surface area contributed by atoms with Gasteiger partial charge >= 0.3 is 0 Å². The molecule has 18 heavy (non-hydrogen) atoms. The Kier molecular flexibility index (Phi) is 4.99. The number of thioether (sulfide) groups is 1. The van der Waals surface area contributed by atoms with Gasteiger partial charge < -0.3 is 14.4 Å². The van der Waals surface area contributed by atoms with Gasteiger partial charge in [-0.2, -0.15) is 16.7 Å². The van der Waals surface area contributed by atoms with E-state index in [9.17, 15) is 5.11 Å². The van der Waals surface area contributed by atoms with E-state index < -0.39 is 6.10 Å². The van der Waals surface area contributed by atoms with E-state index >= 15 is 0 Å². The molecule has 1 aromatic heterocycles. The molecular formula is C11H19N3O3S. The standard InChI is InChI=1S/C11H19N3O3S/c1-3-16-9-5-14(4-8(9)15)6-11-12-10(7-18-2)13-17-11/h8-9,15H,3-7H2,1-2H3/t8-,9-/m0/s1. The summed E-state index contributed by atoms with van der Waals surface area (Å²) in [7, 11) is 0. The summed E-state index contributed by atoms with van der Waals surface area (Å²) in [6, 6.07) is 0. The zero-order valence-electron chi connectivity index (χ0n) is 10.7. The minimum absolute atomic E-state index is 0.108. The van der Waals surface area contributed by atoms with Gasteiger partial charge in [0.1, 0.15) is 0 Å². The van der Waals surface area contributed by atoms with Crippen LogP contribution in [0, 0.1) is 0 Å². The van der Waals surface area contributed by atoms with Gasteiger partial charge in [0, 0.05) is 19.7 Å². The van der Waals surface area contributed by atoms with Crippen LogP contribution in [0.3, 0.4) is 0 Å². The van der Waals surface area contributed by atoms with Crippen molar-refractivity contribution in [3.63, 3.8) is 0 Å². The first-order valence-electron chi connectivity index (χ1n) is 6.05. The third-order valence-corrected chi connectivity index (χ3v) is 3.38. The van der Waals surface area contributed by atoms with Gasteiger partial charge in [-0.25, -0.2) is 0 Å². The number of aromatic nitrogens is 2. The van der Waals surface area contributed by atoms with E-state index in [-0.39, 0.29) is 6.10 Å². The highest BCUT2D eigenvalue weighted by atomic mass is 32.2. The van der Waals surface area contributed by atoms with Crippen molar-refractivity contribution in [2.24, 2.45) is 0 Å². The second-order valence-electron chi connectivity index (χ2n) is 4.29. The summed E-state index contributed by atoms with van der Waals surface area (Å²) in [5.74, 6) is 2.08. The number of hydrogen-bond acceptors (Lipinski definition) is 7. The third-order valence-electron chi connectivity index (χ3n) is 2.84. The van der Waals surface area contributed by atoms with E-state index in [0.29, 0.717) is 32.1 Å². The van der Waals surface area contributed by atoms with Crippen molar-refractivity contribution in [3.8, 4) is 0 Å². The van der Waals surface area contributed by atoms with Crippen molar-refractivity contribution in [1.82, 2.24) is 15.0 Å². The summed E-state index contributed by atoms with van der Waals surface area (Å²) in [6.45, 7) is 4.41. The average molecular weight is 273 g/mol. The van der Waals surface area contributed by atoms with Crippen LogP contribution in [0.5, 0.6) is 0 Å². The molecule has 1 saturated heterocycles. The fourth-order valence-electron chi connectivity index (χ4n) is 2.07. The predicted molar refractivity (Wildman–Crippen MR) is 68.2 cm³/mol. The maximum Gasteiger partial charge on any atom is 0.240 e. The first kappa shape index (κ1) is 13.8. The maximum atomic E-state index is 9.82. The quantitative estimate of drug-likeness (QED) is 0.810. The Bertz CT molecular complexity index is 374. The molecule has 0 aliphatic carbocycles. The molecule has 102 valence electrons. The monoisotopic (exact) mass is 273 g/mol. The largest absolute Gasteiger partial charge is 0.389 e. The van der Waals surface area contributed by atoms with Crippen LogP contribution in [0.4, 0.5) is 0 Å². The van der Waals surface area contributed by atoms with E-state index in [0.717, 1.165) is 11.6 Å². The van der Waals surface area contributed by atoms with Gasteiger partial charge in [-0.3, -0.25) is 4.90 Å². The summed E-state index contributed by atoms with van der Waals surface area (Å²) in [5.41, 5.74) is 0. The molecule has 0 unspecified atom stereocenters. The molecule has 0 aromatic carbocycles. The van der Waals surface area contributed by atoms with E-state index in [1.165, 1.54) is 0 Å². The predicted octanol–water partition coefficient (Wildman–Crippen LogP) is 0.514. The molecule has 1 aliphatic rings. The number of hydrogen-bond donors (Lipinski definition) is 1. The minimum Gasteiger partial charge on any atom is -0.389 e. The van der Waals surface area contributed by atoms with Crippen molar-refractivity contribution in [3.05, 3.63) is 11.7 Å². The molecule has 1 fully saturated rings. The van der Waals surface area contributed by atoms with Gasteiger partial charge in [0.25, 0.3) is 0 Å². The van der Waals surface area contributed by atoms with Crippen LogP contribution in [0.1, 0.15) is 18.6 Å². The number of aliphatic hydroxyl groups is 1. The second kappa shape index (κ2) is 6.51. The fourth-order valence-corrected chi connectivity index (χ4v) is 2.45. The number of rotatable bonds is 6. The molecule has 0 bridgehead atoms. The van der Waals surface area contributed by atoms with E-state index in [1.54, 1.807) is 11.8 Å². The molecule has 2 heterocycles. The first-order chi connectivity index (χ1) is 8.72. The smallest absolute Gasteiger partial charge is 0.240 e. The summed E-state index contributed by atoms with van der Waals surface area (Å²) in [4.78, 5) is 6.37. The summed E-state index contributed by atoms with van der Waals surface area (Å²) in [6.07, 6.45) is 1.46. The summed E-state index contributed by atoms with van der Waals surface area (Å²) in [5, 5.41) is 13.7. The lowest BCUT2D eigenvalue weighted by molar-refractivity contribution is -0.00248. The van der Waals surface area contributed by atoms with Crippen molar-refractivity contribution in [2.75, 3.05) is 26.0 Å². The number of likely N-dealkylation sites (tertiary alicyclic amines) is 1. The van der Waals surface area contributed by atoms with Crippen LogP contribution >= 0.6 is 11.8 Å². The molecule has 0 radical (unpaired) electrons. The van der Waals surface area contributed by atoms with Gasteiger partial charge in [-0.15, -0.1) is 0 Å². The third kappa shape index (κ3) is 3.44. The molecule has 7 heteroatoms. The first-order valence-corrected chi connectivity index (χ1v) is 7.44. The van der Waals surface area contributed by atoms with E-state index in [4.69, 9.17) is 9.26 Å². The highest BCUT2D eigenvalue weighted by Crippen LogP contribution is 2.16. The summed E-state index contributed by atoms with van der Waals surface area (Å²) < 4.78 is 10.6. The van der Waals surface area contributed by atoms with Gasteiger partial charge in [0.15, 0.2) is 5.82 Å². The molecule has 2 rings (SSSR count). The van der Waals surface area contributed by atoms with Crippen LogP contribution in [-0.4, -0.2) is 58.3 Å². The Morgan fingerprint density at radius 1 is 1.56 bits per heavy atom. The Balaban J connectivity index is 1.86. The SMILES string of the molecule is CCO[C@H]1CN(Cc2nc(CSC)no2)C[C@@H]1O. The van der Waals surface area contributed by atoms with Gasteiger partial charge in [0.2, 0.25) is 5.89 Å². The van der Waals surface area contributed by atoms with Crippen molar-refractivity contribution in [2.45, 2.75) is 31.4 Å². The van der Waals surface area contributed by atoms with Gasteiger partial charge in [-0.1, -0.05) is 5.16 Å². The highest BCUT2D eigenvalue weighted by molar-refractivity contribution is 7.97. The number of ether oxygens (including phenoxy) is 1. The molecule has 1 aliphatic heterocycles. The van der Waals surface area contributed by atoms with Crippen LogP contribution in [0.2, 0.25) is 0 Å². The second-order valence-corrected chi connectivity index (χ2v) is 5.16. The molecule has 6 nitrogen and oxygen atoms in total. The average Bonchev–Trinajstić information content (AvgIpc) is 2.89. The lowest BCUT2D eigenvalue weighted by atomic mass is 10.3. The summed E-state index contributed by atoms with van der Waals surface area (Å²) >= 11 is 1.66. The van der Waals surface area contributed by atoms with Crippen molar-refractivity contribution < 1.29 is 14.4 Å². The van der Waals surface area contributed by atoms with E-state index in [2.05, 4.69) is 15.0 Å². The molecular weight excluding hydrogens is 254 g/mol. The molecule has 1 aromatic rings. The molecule has 0 saturated carbocycles. The molecule has 0 amide bonds. The molecule has 2 atom stereocenters. The van der Waals surface area contributed by atoms with Gasteiger partial charge in [0.05, 0.1) is 24.5 Å². The topological polar surface area (TPSA) is 71.6 Å². The Morgan fingerprint density at radius 3 is 3.11 bits per heavy atom. The lowest BCUT2D eigenvalue weighted by Crippen LogP contribution is -2.26. The van der Waals surface area contributed by atoms with Crippen LogP contribution < -0.4 is 0 Å². The Hall–Kier alpha value is -0.630. The van der Waals surface area contributed by atoms with Crippen LogP contribution in [-0.2, 0) is 17.0 Å². The van der Waals surface area contributed by atoms with E-state index in [1.807, 2.05) is 13.2 Å². The Morgan fingerprint density at radius 2 is 2.39 bits per heavy atom. The van der Waals surface area contributed by atoms with Gasteiger partial charge in [-0.05, 0) is 13.2 Å². The maximum absolute atomic E-state index is 9.82. The molecule has 1 N–H and O–H groups in total. The highest BCUT2D eigenvalue weighted by Gasteiger charge is 2.32. The number of nitrogens with zero attached hydrogens (tertiary/aromatic N) is 3. The lowest BCUT2D eigenvalue weighted by Gasteiger charge is -2.13. The number of β-amino-alcohol motifs (C(OH)–C–C–N with tert-alkyl or cyclic N) is 1. The fraction of sp³-hybridized carbons (Fsp3) is 0.818. The normalized spacial score (nSPS) is 24.8.